The van der Waals surface area contributed by atoms with Crippen LogP contribution in [0, 0.1) is 12.3 Å². The SMILES string of the molecule is C#Cc1cc2c(s1)C(S)C(C=C(C)C)S2. The first kappa shape index (κ1) is 11.2. The first-order valence-corrected chi connectivity index (χ1v) is 6.93. The van der Waals surface area contributed by atoms with Gasteiger partial charge in [0.1, 0.15) is 0 Å². The minimum atomic E-state index is 0.298. The van der Waals surface area contributed by atoms with Gasteiger partial charge in [0.25, 0.3) is 0 Å². The van der Waals surface area contributed by atoms with Crippen LogP contribution in [0.1, 0.15) is 28.9 Å². The second-order valence-electron chi connectivity index (χ2n) is 3.75. The smallest absolute Gasteiger partial charge is 0.0780 e. The third kappa shape index (κ3) is 2.13. The van der Waals surface area contributed by atoms with E-state index >= 15 is 0 Å². The maximum atomic E-state index is 5.39. The second kappa shape index (κ2) is 4.29. The predicted molar refractivity (Wildman–Crippen MR) is 73.1 cm³/mol. The molecule has 0 spiro atoms. The molecule has 0 amide bonds. The molecule has 2 unspecified atom stereocenters. The number of thiol groups is 1. The Bertz CT molecular complexity index is 444. The summed E-state index contributed by atoms with van der Waals surface area (Å²) in [5, 5.41) is 0.762. The summed E-state index contributed by atoms with van der Waals surface area (Å²) in [7, 11) is 0. The molecular weight excluding hydrogens is 240 g/mol. The van der Waals surface area contributed by atoms with Gasteiger partial charge < -0.3 is 0 Å². The zero-order valence-electron chi connectivity index (χ0n) is 8.65. The van der Waals surface area contributed by atoms with E-state index in [2.05, 4.69) is 44.5 Å². The minimum absolute atomic E-state index is 0.298. The fourth-order valence-corrected chi connectivity index (χ4v) is 4.88. The molecule has 2 atom stereocenters. The van der Waals surface area contributed by atoms with E-state index in [4.69, 9.17) is 6.42 Å². The van der Waals surface area contributed by atoms with Gasteiger partial charge in [-0.15, -0.1) is 29.5 Å². The lowest BCUT2D eigenvalue weighted by molar-refractivity contribution is 1.03. The van der Waals surface area contributed by atoms with E-state index in [1.807, 2.05) is 11.8 Å². The fourth-order valence-electron chi connectivity index (χ4n) is 1.57. The molecule has 0 aromatic carbocycles. The van der Waals surface area contributed by atoms with Crippen molar-refractivity contribution in [2.45, 2.75) is 29.2 Å². The standard InChI is InChI=1S/C12H12S3/c1-4-8-6-10-12(14-8)11(13)9(15-10)5-7(2)3/h1,5-6,9,11,13H,2-3H3. The summed E-state index contributed by atoms with van der Waals surface area (Å²) in [5.74, 6) is 2.69. The third-order valence-corrected chi connectivity index (χ3v) is 5.71. The summed E-state index contributed by atoms with van der Waals surface area (Å²) in [4.78, 5) is 3.66. The van der Waals surface area contributed by atoms with Gasteiger partial charge in [0, 0.05) is 15.0 Å². The number of hydrogen-bond donors (Lipinski definition) is 1. The van der Waals surface area contributed by atoms with Gasteiger partial charge in [-0.3, -0.25) is 0 Å². The average molecular weight is 252 g/mol. The van der Waals surface area contributed by atoms with E-state index in [1.54, 1.807) is 11.3 Å². The lowest BCUT2D eigenvalue weighted by Gasteiger charge is -2.09. The van der Waals surface area contributed by atoms with Crippen molar-refractivity contribution in [3.8, 4) is 12.3 Å². The first-order chi connectivity index (χ1) is 7.11. The minimum Gasteiger partial charge on any atom is -0.169 e. The Balaban J connectivity index is 2.29. The van der Waals surface area contributed by atoms with Crippen LogP contribution in [0.2, 0.25) is 0 Å². The number of thiophene rings is 1. The fraction of sp³-hybridized carbons (Fsp3) is 0.333. The van der Waals surface area contributed by atoms with Gasteiger partial charge in [-0.1, -0.05) is 17.6 Å². The molecule has 1 aliphatic heterocycles. The molecule has 0 saturated heterocycles. The highest BCUT2D eigenvalue weighted by Gasteiger charge is 2.31. The maximum absolute atomic E-state index is 5.39. The van der Waals surface area contributed by atoms with Crippen molar-refractivity contribution in [3.63, 3.8) is 0 Å². The van der Waals surface area contributed by atoms with Crippen molar-refractivity contribution >= 4 is 35.7 Å². The van der Waals surface area contributed by atoms with Gasteiger partial charge >= 0.3 is 0 Å². The molecule has 0 saturated carbocycles. The molecule has 0 bridgehead atoms. The van der Waals surface area contributed by atoms with Crippen LogP contribution in [-0.2, 0) is 0 Å². The Morgan fingerprint density at radius 1 is 1.60 bits per heavy atom. The predicted octanol–water partition coefficient (Wildman–Crippen LogP) is 4.14. The van der Waals surface area contributed by atoms with Crippen molar-refractivity contribution in [1.29, 1.82) is 0 Å². The molecule has 1 aliphatic rings. The lowest BCUT2D eigenvalue weighted by Crippen LogP contribution is -2.00. The highest BCUT2D eigenvalue weighted by atomic mass is 32.2. The van der Waals surface area contributed by atoms with Gasteiger partial charge in [0.15, 0.2) is 0 Å². The molecule has 2 rings (SSSR count). The molecule has 0 nitrogen and oxygen atoms in total. The highest BCUT2D eigenvalue weighted by Crippen LogP contribution is 2.51. The Morgan fingerprint density at radius 3 is 2.87 bits per heavy atom. The van der Waals surface area contributed by atoms with Crippen molar-refractivity contribution in [1.82, 2.24) is 0 Å². The van der Waals surface area contributed by atoms with Gasteiger partial charge in [0.05, 0.1) is 10.1 Å². The summed E-state index contributed by atoms with van der Waals surface area (Å²) < 4.78 is 0. The molecule has 0 fully saturated rings. The molecule has 1 aromatic heterocycles. The first-order valence-electron chi connectivity index (χ1n) is 4.72. The molecule has 15 heavy (non-hydrogen) atoms. The van der Waals surface area contributed by atoms with Crippen molar-refractivity contribution in [2.24, 2.45) is 0 Å². The van der Waals surface area contributed by atoms with Crippen LogP contribution in [0.5, 0.6) is 0 Å². The quantitative estimate of drug-likeness (QED) is 0.445. The Morgan fingerprint density at radius 2 is 2.33 bits per heavy atom. The summed E-state index contributed by atoms with van der Waals surface area (Å²) >= 11 is 8.24. The molecule has 0 N–H and O–H groups in total. The van der Waals surface area contributed by atoms with E-state index in [-0.39, 0.29) is 0 Å². The van der Waals surface area contributed by atoms with Crippen LogP contribution in [0.3, 0.4) is 0 Å². The third-order valence-electron chi connectivity index (χ3n) is 2.21. The van der Waals surface area contributed by atoms with Gasteiger partial charge in [-0.25, -0.2) is 0 Å². The van der Waals surface area contributed by atoms with Crippen LogP contribution < -0.4 is 0 Å². The summed E-state index contributed by atoms with van der Waals surface area (Å²) in [6, 6.07) is 2.10. The van der Waals surface area contributed by atoms with E-state index in [0.717, 1.165) is 4.88 Å². The topological polar surface area (TPSA) is 0 Å². The molecule has 1 aromatic rings. The summed E-state index contributed by atoms with van der Waals surface area (Å²) in [5.41, 5.74) is 1.35. The molecule has 2 heterocycles. The summed E-state index contributed by atoms with van der Waals surface area (Å²) in [6.45, 7) is 4.25. The monoisotopic (exact) mass is 252 g/mol. The average Bonchev–Trinajstić information content (AvgIpc) is 2.67. The van der Waals surface area contributed by atoms with Gasteiger partial charge in [0.2, 0.25) is 0 Å². The van der Waals surface area contributed by atoms with Crippen molar-refractivity contribution < 1.29 is 0 Å². The lowest BCUT2D eigenvalue weighted by atomic mass is 10.2. The van der Waals surface area contributed by atoms with Gasteiger partial charge in [-0.05, 0) is 19.9 Å². The highest BCUT2D eigenvalue weighted by molar-refractivity contribution is 8.01. The molecule has 3 heteroatoms. The van der Waals surface area contributed by atoms with Crippen molar-refractivity contribution in [2.75, 3.05) is 0 Å². The normalized spacial score (nSPS) is 23.3. The van der Waals surface area contributed by atoms with E-state index in [9.17, 15) is 0 Å². The zero-order chi connectivity index (χ0) is 11.0. The molecule has 0 aliphatic carbocycles. The van der Waals surface area contributed by atoms with Crippen LogP contribution in [0.15, 0.2) is 22.6 Å². The number of fused-ring (bicyclic) bond motifs is 1. The van der Waals surface area contributed by atoms with E-state index < -0.39 is 0 Å². The van der Waals surface area contributed by atoms with Gasteiger partial charge in [-0.2, -0.15) is 12.6 Å². The van der Waals surface area contributed by atoms with Crippen LogP contribution >= 0.6 is 35.7 Å². The number of thioether (sulfide) groups is 1. The summed E-state index contributed by atoms with van der Waals surface area (Å²) in [6.07, 6.45) is 7.67. The number of hydrogen-bond acceptors (Lipinski definition) is 3. The number of allylic oxidation sites excluding steroid dienone is 1. The van der Waals surface area contributed by atoms with E-state index in [1.165, 1.54) is 15.3 Å². The number of terminal acetylenes is 1. The second-order valence-corrected chi connectivity index (χ2v) is 6.61. The Kier molecular flexibility index (Phi) is 3.20. The number of rotatable bonds is 1. The van der Waals surface area contributed by atoms with E-state index in [0.29, 0.717) is 10.5 Å². The van der Waals surface area contributed by atoms with Crippen LogP contribution in [0.4, 0.5) is 0 Å². The Labute approximate surface area is 105 Å². The largest absolute Gasteiger partial charge is 0.169 e. The van der Waals surface area contributed by atoms with Crippen LogP contribution in [0.25, 0.3) is 0 Å². The molecular formula is C12H12S3. The zero-order valence-corrected chi connectivity index (χ0v) is 11.2. The molecule has 0 radical (unpaired) electrons. The Hall–Kier alpha value is -0.300. The molecule has 78 valence electrons. The maximum Gasteiger partial charge on any atom is 0.0780 e. The van der Waals surface area contributed by atoms with Crippen molar-refractivity contribution in [3.05, 3.63) is 27.5 Å². The van der Waals surface area contributed by atoms with Crippen LogP contribution in [-0.4, -0.2) is 5.25 Å².